The molecule has 0 spiro atoms. The van der Waals surface area contributed by atoms with Crippen LogP contribution < -0.4 is 0 Å². The van der Waals surface area contributed by atoms with Crippen molar-refractivity contribution in [2.75, 3.05) is 13.7 Å². The number of rotatable bonds is 9. The van der Waals surface area contributed by atoms with Crippen molar-refractivity contribution >= 4 is 11.9 Å². The molecule has 1 aromatic rings. The third kappa shape index (κ3) is 6.16. The second kappa shape index (κ2) is 10.9. The van der Waals surface area contributed by atoms with Gasteiger partial charge in [0.25, 0.3) is 5.91 Å². The van der Waals surface area contributed by atoms with Gasteiger partial charge in [-0.15, -0.1) is 0 Å². The van der Waals surface area contributed by atoms with E-state index in [4.69, 9.17) is 4.74 Å². The van der Waals surface area contributed by atoms with Crippen molar-refractivity contribution in [3.05, 3.63) is 71.3 Å². The fraction of sp³-hybridized carbons (Fsp3) is 0.462. The van der Waals surface area contributed by atoms with E-state index in [1.165, 1.54) is 24.2 Å². The lowest BCUT2D eigenvalue weighted by molar-refractivity contribution is -0.148. The Kier molecular flexibility index (Phi) is 8.19. The number of halogens is 2. The molecule has 5 nitrogen and oxygen atoms in total. The number of carbonyl (C=O) groups is 2. The van der Waals surface area contributed by atoms with Crippen LogP contribution >= 0.6 is 0 Å². The molecule has 3 rings (SSSR count). The second-order valence-electron chi connectivity index (χ2n) is 8.66. The Hall–Kier alpha value is -2.80. The van der Waals surface area contributed by atoms with Crippen molar-refractivity contribution in [1.82, 2.24) is 4.90 Å². The van der Waals surface area contributed by atoms with Gasteiger partial charge in [-0.1, -0.05) is 67.1 Å². The van der Waals surface area contributed by atoms with Crippen molar-refractivity contribution in [3.63, 3.8) is 0 Å². The number of methoxy groups -OCH3 is 1. The molecule has 1 saturated heterocycles. The van der Waals surface area contributed by atoms with Crippen molar-refractivity contribution in [2.24, 2.45) is 0 Å². The van der Waals surface area contributed by atoms with Gasteiger partial charge in [0, 0.05) is 24.5 Å². The number of esters is 1. The van der Waals surface area contributed by atoms with Crippen LogP contribution in [-0.4, -0.2) is 53.6 Å². The number of amides is 1. The lowest BCUT2D eigenvalue weighted by Crippen LogP contribution is -2.36. The summed E-state index contributed by atoms with van der Waals surface area (Å²) in [6.45, 7) is 2.08. The number of hydrogen-bond donors (Lipinski definition) is 1. The molecule has 0 radical (unpaired) electrons. The van der Waals surface area contributed by atoms with Crippen molar-refractivity contribution < 1.29 is 28.2 Å². The first-order valence-corrected chi connectivity index (χ1v) is 11.3. The number of likely N-dealkylation sites (tertiary alicyclic amines) is 1. The van der Waals surface area contributed by atoms with Gasteiger partial charge in [-0.2, -0.15) is 8.78 Å². The van der Waals surface area contributed by atoms with Crippen LogP contribution in [0, 0.1) is 0 Å². The highest BCUT2D eigenvalue weighted by atomic mass is 19.3. The molecular formula is C26H31F2NO4. The summed E-state index contributed by atoms with van der Waals surface area (Å²) in [6, 6.07) is 8.72. The van der Waals surface area contributed by atoms with Crippen molar-refractivity contribution in [2.45, 2.75) is 63.0 Å². The molecule has 0 unspecified atom stereocenters. The molecule has 33 heavy (non-hydrogen) atoms. The minimum Gasteiger partial charge on any atom is -0.466 e. The van der Waals surface area contributed by atoms with E-state index in [9.17, 15) is 23.5 Å². The Labute approximate surface area is 193 Å². The van der Waals surface area contributed by atoms with Gasteiger partial charge in [0.05, 0.1) is 19.3 Å². The first-order chi connectivity index (χ1) is 15.7. The molecule has 1 heterocycles. The monoisotopic (exact) mass is 459 g/mol. The number of carbonyl (C=O) groups excluding carboxylic acids is 2. The van der Waals surface area contributed by atoms with Gasteiger partial charge in [-0.3, -0.25) is 4.79 Å². The Balaban J connectivity index is 1.59. The highest BCUT2D eigenvalue weighted by Crippen LogP contribution is 2.35. The molecule has 2 aliphatic rings. The summed E-state index contributed by atoms with van der Waals surface area (Å²) in [5.41, 5.74) is 2.67. The molecule has 0 saturated carbocycles. The van der Waals surface area contributed by atoms with E-state index in [1.807, 2.05) is 43.3 Å². The second-order valence-corrected chi connectivity index (χ2v) is 8.66. The Morgan fingerprint density at radius 2 is 2.00 bits per heavy atom. The van der Waals surface area contributed by atoms with Gasteiger partial charge in [0.15, 0.2) is 0 Å². The third-order valence-corrected chi connectivity index (χ3v) is 6.39. The lowest BCUT2D eigenvalue weighted by Gasteiger charge is -2.23. The van der Waals surface area contributed by atoms with Crippen LogP contribution in [0.25, 0.3) is 0 Å². The SMILES string of the molecule is COC(=O)C1=CC=C(CCCN2C(=O)C(F)(F)C[C@@H]2/C=C/[C@@H](O)[C@@H](C)c2ccccc2)CC1. The molecule has 1 amide bonds. The van der Waals surface area contributed by atoms with Crippen LogP contribution in [0.15, 0.2) is 65.8 Å². The van der Waals surface area contributed by atoms with Crippen molar-refractivity contribution in [3.8, 4) is 0 Å². The average molecular weight is 460 g/mol. The molecular weight excluding hydrogens is 428 g/mol. The van der Waals surface area contributed by atoms with Crippen LogP contribution in [0.4, 0.5) is 8.78 Å². The molecule has 7 heteroatoms. The maximum Gasteiger partial charge on any atom is 0.333 e. The number of aliphatic hydroxyl groups excluding tert-OH is 1. The standard InChI is InChI=1S/C26H31F2NO4/c1-18(20-8-4-3-5-9-20)23(30)15-14-22-17-26(27,28)25(32)29(22)16-6-7-19-10-12-21(13-11-19)24(31)33-2/h3-5,8-10,12,14-15,18,22-23,30H,6-7,11,13,16-17H2,1-2H3/b15-14+/t18-,22-,23+/m0/s1. The van der Waals surface area contributed by atoms with Gasteiger partial charge in [0.1, 0.15) is 0 Å². The highest BCUT2D eigenvalue weighted by Gasteiger charge is 2.52. The van der Waals surface area contributed by atoms with E-state index >= 15 is 0 Å². The minimum atomic E-state index is -3.40. The zero-order valence-electron chi connectivity index (χ0n) is 19.0. The quantitative estimate of drug-likeness (QED) is 0.435. The van der Waals surface area contributed by atoms with Crippen LogP contribution in [0.5, 0.6) is 0 Å². The predicted octanol–water partition coefficient (Wildman–Crippen LogP) is 4.54. The van der Waals surface area contributed by atoms with Crippen molar-refractivity contribution in [1.29, 1.82) is 0 Å². The zero-order chi connectivity index (χ0) is 24.0. The molecule has 1 aliphatic heterocycles. The summed E-state index contributed by atoms with van der Waals surface area (Å²) in [6.07, 6.45) is 7.73. The highest BCUT2D eigenvalue weighted by molar-refractivity contribution is 5.89. The largest absolute Gasteiger partial charge is 0.466 e. The van der Waals surface area contributed by atoms with E-state index < -0.39 is 30.4 Å². The molecule has 0 bridgehead atoms. The number of alkyl halides is 2. The normalized spacial score (nSPS) is 22.2. The minimum absolute atomic E-state index is 0.199. The van der Waals surface area contributed by atoms with E-state index in [2.05, 4.69) is 0 Å². The molecule has 1 fully saturated rings. The zero-order valence-corrected chi connectivity index (χ0v) is 19.0. The molecule has 1 N–H and O–H groups in total. The van der Waals surface area contributed by atoms with Crippen LogP contribution in [0.1, 0.15) is 50.5 Å². The summed E-state index contributed by atoms with van der Waals surface area (Å²) < 4.78 is 33.1. The topological polar surface area (TPSA) is 66.8 Å². The average Bonchev–Trinajstić information content (AvgIpc) is 3.05. The number of aliphatic hydroxyl groups is 1. The number of hydrogen-bond acceptors (Lipinski definition) is 4. The summed E-state index contributed by atoms with van der Waals surface area (Å²) in [5.74, 6) is -5.09. The van der Waals surface area contributed by atoms with Gasteiger partial charge >= 0.3 is 11.9 Å². The Bertz CT molecular complexity index is 939. The lowest BCUT2D eigenvalue weighted by atomic mass is 9.94. The third-order valence-electron chi connectivity index (χ3n) is 6.39. The smallest absolute Gasteiger partial charge is 0.333 e. The first kappa shape index (κ1) is 24.8. The fourth-order valence-electron chi connectivity index (χ4n) is 4.29. The molecule has 1 aliphatic carbocycles. The maximum atomic E-state index is 14.2. The van der Waals surface area contributed by atoms with Crippen LogP contribution in [0.2, 0.25) is 0 Å². The van der Waals surface area contributed by atoms with E-state index in [0.29, 0.717) is 31.3 Å². The summed E-state index contributed by atoms with van der Waals surface area (Å²) >= 11 is 0. The number of nitrogens with zero attached hydrogens (tertiary/aromatic N) is 1. The number of allylic oxidation sites excluding steroid dienone is 3. The van der Waals surface area contributed by atoms with E-state index in [-0.39, 0.29) is 18.4 Å². The summed E-state index contributed by atoms with van der Waals surface area (Å²) in [4.78, 5) is 25.1. The number of ether oxygens (including phenoxy) is 1. The summed E-state index contributed by atoms with van der Waals surface area (Å²) in [7, 11) is 1.34. The first-order valence-electron chi connectivity index (χ1n) is 11.3. The fourth-order valence-corrected chi connectivity index (χ4v) is 4.29. The van der Waals surface area contributed by atoms with Crippen LogP contribution in [-0.2, 0) is 14.3 Å². The molecule has 178 valence electrons. The Morgan fingerprint density at radius 1 is 1.27 bits per heavy atom. The van der Waals surface area contributed by atoms with Crippen LogP contribution in [0.3, 0.4) is 0 Å². The van der Waals surface area contributed by atoms with Gasteiger partial charge in [-0.25, -0.2) is 4.79 Å². The molecule has 1 aromatic carbocycles. The molecule has 3 atom stereocenters. The maximum absolute atomic E-state index is 14.2. The predicted molar refractivity (Wildman–Crippen MR) is 122 cm³/mol. The van der Waals surface area contributed by atoms with Gasteiger partial charge in [0.2, 0.25) is 0 Å². The van der Waals surface area contributed by atoms with Gasteiger partial charge < -0.3 is 14.7 Å². The van der Waals surface area contributed by atoms with Gasteiger partial charge in [-0.05, 0) is 31.2 Å². The van der Waals surface area contributed by atoms with E-state index in [1.54, 1.807) is 6.08 Å². The Morgan fingerprint density at radius 3 is 2.64 bits per heavy atom. The summed E-state index contributed by atoms with van der Waals surface area (Å²) in [5, 5.41) is 10.5. The van der Waals surface area contributed by atoms with E-state index in [0.717, 1.165) is 11.1 Å². The molecule has 0 aromatic heterocycles. The number of benzene rings is 1.